The first kappa shape index (κ1) is 18.0. The van der Waals surface area contributed by atoms with Gasteiger partial charge in [-0.1, -0.05) is 5.16 Å². The summed E-state index contributed by atoms with van der Waals surface area (Å²) in [5, 5.41) is 6.73. The van der Waals surface area contributed by atoms with Crippen LogP contribution in [0.2, 0.25) is 0 Å². The summed E-state index contributed by atoms with van der Waals surface area (Å²) in [5.41, 5.74) is 0.333. The van der Waals surface area contributed by atoms with Crippen LogP contribution in [0.3, 0.4) is 0 Å². The first-order valence-electron chi connectivity index (χ1n) is 7.87. The SMILES string of the molecule is Cc1noc(C)c1S(=O)(=O)NCCNc1cc(-n2ccnc2C)ncn1. The summed E-state index contributed by atoms with van der Waals surface area (Å²) in [5.74, 6) is 2.33. The van der Waals surface area contributed by atoms with Crippen LogP contribution in [0.15, 0.2) is 34.2 Å². The van der Waals surface area contributed by atoms with E-state index in [1.807, 2.05) is 11.5 Å². The third-order valence-corrected chi connectivity index (χ3v) is 5.39. The van der Waals surface area contributed by atoms with Crippen LogP contribution in [0.1, 0.15) is 17.3 Å². The van der Waals surface area contributed by atoms with E-state index in [2.05, 4.69) is 30.1 Å². The first-order chi connectivity index (χ1) is 12.4. The van der Waals surface area contributed by atoms with Crippen molar-refractivity contribution in [3.8, 4) is 5.82 Å². The third-order valence-electron chi connectivity index (χ3n) is 3.69. The van der Waals surface area contributed by atoms with Crippen molar-refractivity contribution in [1.29, 1.82) is 0 Å². The number of hydrogen-bond donors (Lipinski definition) is 2. The van der Waals surface area contributed by atoms with E-state index in [4.69, 9.17) is 4.52 Å². The second-order valence-electron chi connectivity index (χ2n) is 5.58. The summed E-state index contributed by atoms with van der Waals surface area (Å²) >= 11 is 0. The molecule has 0 radical (unpaired) electrons. The molecule has 10 nitrogen and oxygen atoms in total. The number of rotatable bonds is 7. The second-order valence-corrected chi connectivity index (χ2v) is 7.29. The van der Waals surface area contributed by atoms with Gasteiger partial charge in [-0.25, -0.2) is 28.1 Å². The zero-order valence-corrected chi connectivity index (χ0v) is 15.4. The number of anilines is 1. The van der Waals surface area contributed by atoms with Gasteiger partial charge in [-0.2, -0.15) is 0 Å². The summed E-state index contributed by atoms with van der Waals surface area (Å²) in [4.78, 5) is 12.6. The Morgan fingerprint density at radius 3 is 2.62 bits per heavy atom. The average Bonchev–Trinajstić information content (AvgIpc) is 3.17. The molecule has 11 heteroatoms. The third kappa shape index (κ3) is 3.73. The number of nitrogens with zero attached hydrogens (tertiary/aromatic N) is 5. The van der Waals surface area contributed by atoms with Crippen molar-refractivity contribution < 1.29 is 12.9 Å². The Morgan fingerprint density at radius 1 is 1.15 bits per heavy atom. The van der Waals surface area contributed by atoms with Gasteiger partial charge in [0.05, 0.1) is 0 Å². The van der Waals surface area contributed by atoms with Crippen LogP contribution in [-0.4, -0.2) is 46.2 Å². The molecular formula is C15H19N7O3S. The van der Waals surface area contributed by atoms with Gasteiger partial charge in [0.1, 0.15) is 34.4 Å². The lowest BCUT2D eigenvalue weighted by atomic mass is 10.4. The van der Waals surface area contributed by atoms with E-state index >= 15 is 0 Å². The van der Waals surface area contributed by atoms with Crippen molar-refractivity contribution in [2.24, 2.45) is 0 Å². The average molecular weight is 377 g/mol. The number of hydrogen-bond acceptors (Lipinski definition) is 8. The number of sulfonamides is 1. The molecule has 0 bridgehead atoms. The highest BCUT2D eigenvalue weighted by molar-refractivity contribution is 7.89. The quantitative estimate of drug-likeness (QED) is 0.583. The predicted molar refractivity (Wildman–Crippen MR) is 93.5 cm³/mol. The Kier molecular flexibility index (Phi) is 5.00. The largest absolute Gasteiger partial charge is 0.369 e. The highest BCUT2D eigenvalue weighted by Crippen LogP contribution is 2.18. The molecule has 0 fully saturated rings. The van der Waals surface area contributed by atoms with Gasteiger partial charge in [-0.05, 0) is 20.8 Å². The molecule has 0 unspecified atom stereocenters. The van der Waals surface area contributed by atoms with Gasteiger partial charge in [0, 0.05) is 31.5 Å². The van der Waals surface area contributed by atoms with E-state index in [1.54, 1.807) is 32.3 Å². The molecule has 0 atom stereocenters. The molecular weight excluding hydrogens is 358 g/mol. The van der Waals surface area contributed by atoms with E-state index < -0.39 is 10.0 Å². The van der Waals surface area contributed by atoms with E-state index in [0.29, 0.717) is 23.9 Å². The van der Waals surface area contributed by atoms with Crippen LogP contribution in [0.4, 0.5) is 5.82 Å². The van der Waals surface area contributed by atoms with Crippen molar-refractivity contribution in [1.82, 2.24) is 29.4 Å². The summed E-state index contributed by atoms with van der Waals surface area (Å²) in [6.07, 6.45) is 4.93. The Bertz CT molecular complexity index is 990. The lowest BCUT2D eigenvalue weighted by Crippen LogP contribution is -2.29. The maximum Gasteiger partial charge on any atom is 0.246 e. The molecule has 3 heterocycles. The van der Waals surface area contributed by atoms with Gasteiger partial charge in [-0.3, -0.25) is 4.57 Å². The maximum atomic E-state index is 12.3. The standard InChI is InChI=1S/C15H19N7O3S/c1-10-15(11(2)25-21-10)26(23,24)20-5-4-17-13-8-14(19-9-18-13)22-7-6-16-12(22)3/h6-9,20H,4-5H2,1-3H3,(H,17,18,19). The molecule has 26 heavy (non-hydrogen) atoms. The predicted octanol–water partition coefficient (Wildman–Crippen LogP) is 0.966. The van der Waals surface area contributed by atoms with Crippen molar-refractivity contribution in [2.75, 3.05) is 18.4 Å². The topological polar surface area (TPSA) is 128 Å². The minimum Gasteiger partial charge on any atom is -0.369 e. The molecule has 0 spiro atoms. The van der Waals surface area contributed by atoms with Crippen molar-refractivity contribution in [3.63, 3.8) is 0 Å². The van der Waals surface area contributed by atoms with Gasteiger partial charge < -0.3 is 9.84 Å². The molecule has 3 aromatic heterocycles. The molecule has 2 N–H and O–H groups in total. The van der Waals surface area contributed by atoms with Gasteiger partial charge in [0.25, 0.3) is 0 Å². The highest BCUT2D eigenvalue weighted by atomic mass is 32.2. The Labute approximate surface area is 150 Å². The molecule has 3 rings (SSSR count). The molecule has 0 aliphatic rings. The number of nitrogens with one attached hydrogen (secondary N) is 2. The fraction of sp³-hybridized carbons (Fsp3) is 0.333. The van der Waals surface area contributed by atoms with Crippen LogP contribution in [0.5, 0.6) is 0 Å². The van der Waals surface area contributed by atoms with Gasteiger partial charge >= 0.3 is 0 Å². The van der Waals surface area contributed by atoms with E-state index in [0.717, 1.165) is 5.82 Å². The smallest absolute Gasteiger partial charge is 0.246 e. The number of aryl methyl sites for hydroxylation is 3. The molecule has 138 valence electrons. The molecule has 0 amide bonds. The van der Waals surface area contributed by atoms with Crippen LogP contribution in [-0.2, 0) is 10.0 Å². The second kappa shape index (κ2) is 7.22. The zero-order valence-electron chi connectivity index (χ0n) is 14.6. The summed E-state index contributed by atoms with van der Waals surface area (Å²) < 4.78 is 33.9. The fourth-order valence-corrected chi connectivity index (χ4v) is 3.86. The van der Waals surface area contributed by atoms with Crippen molar-refractivity contribution in [3.05, 3.63) is 42.1 Å². The van der Waals surface area contributed by atoms with Gasteiger partial charge in [0.2, 0.25) is 10.0 Å². The van der Waals surface area contributed by atoms with E-state index in [9.17, 15) is 8.42 Å². The zero-order chi connectivity index (χ0) is 18.7. The minimum atomic E-state index is -3.67. The van der Waals surface area contributed by atoms with E-state index in [-0.39, 0.29) is 17.2 Å². The first-order valence-corrected chi connectivity index (χ1v) is 9.35. The fourth-order valence-electron chi connectivity index (χ4n) is 2.50. The van der Waals surface area contributed by atoms with Crippen LogP contribution in [0, 0.1) is 20.8 Å². The molecule has 0 saturated carbocycles. The lowest BCUT2D eigenvalue weighted by Gasteiger charge is -2.09. The van der Waals surface area contributed by atoms with Crippen LogP contribution >= 0.6 is 0 Å². The van der Waals surface area contributed by atoms with Gasteiger partial charge in [-0.15, -0.1) is 0 Å². The monoisotopic (exact) mass is 377 g/mol. The molecule has 0 saturated heterocycles. The lowest BCUT2D eigenvalue weighted by molar-refractivity contribution is 0.390. The van der Waals surface area contributed by atoms with Crippen LogP contribution < -0.4 is 10.0 Å². The van der Waals surface area contributed by atoms with Gasteiger partial charge in [0.15, 0.2) is 5.76 Å². The summed E-state index contributed by atoms with van der Waals surface area (Å²) in [7, 11) is -3.67. The molecule has 0 aliphatic heterocycles. The van der Waals surface area contributed by atoms with Crippen LogP contribution in [0.25, 0.3) is 5.82 Å². The number of aromatic nitrogens is 5. The molecule has 0 aromatic carbocycles. The van der Waals surface area contributed by atoms with Crippen molar-refractivity contribution in [2.45, 2.75) is 25.7 Å². The normalized spacial score (nSPS) is 11.7. The minimum absolute atomic E-state index is 0.0809. The Hall–Kier alpha value is -2.79. The Balaban J connectivity index is 1.60. The number of imidazole rings is 1. The Morgan fingerprint density at radius 2 is 1.96 bits per heavy atom. The highest BCUT2D eigenvalue weighted by Gasteiger charge is 2.23. The summed E-state index contributed by atoms with van der Waals surface area (Å²) in [6, 6.07) is 1.76. The maximum absolute atomic E-state index is 12.3. The molecule has 3 aromatic rings. The molecule has 0 aliphatic carbocycles. The van der Waals surface area contributed by atoms with Crippen molar-refractivity contribution >= 4 is 15.8 Å². The van der Waals surface area contributed by atoms with E-state index in [1.165, 1.54) is 6.33 Å². The summed E-state index contributed by atoms with van der Waals surface area (Å²) in [6.45, 7) is 5.55.